The second-order valence-corrected chi connectivity index (χ2v) is 6.37. The first-order valence-corrected chi connectivity index (χ1v) is 9.08. The van der Waals surface area contributed by atoms with Crippen LogP contribution in [0, 0.1) is 0 Å². The molecule has 0 bridgehead atoms. The highest BCUT2D eigenvalue weighted by Gasteiger charge is 2.21. The molecule has 1 aromatic heterocycles. The predicted octanol–water partition coefficient (Wildman–Crippen LogP) is 3.44. The van der Waals surface area contributed by atoms with Crippen LogP contribution in [0.4, 0.5) is 11.4 Å². The molecule has 4 rings (SSSR count). The van der Waals surface area contributed by atoms with Crippen LogP contribution in [0.25, 0.3) is 11.3 Å². The number of carbonyl (C=O) groups excluding carboxylic acids is 1. The van der Waals surface area contributed by atoms with E-state index in [4.69, 9.17) is 14.0 Å². The van der Waals surface area contributed by atoms with Gasteiger partial charge in [-0.25, -0.2) is 0 Å². The summed E-state index contributed by atoms with van der Waals surface area (Å²) in [5.74, 6) is 0.880. The largest absolute Gasteiger partial charge is 0.497 e. The number of hydrogen-bond donors (Lipinski definition) is 1. The maximum atomic E-state index is 12.9. The van der Waals surface area contributed by atoms with Crippen molar-refractivity contribution < 1.29 is 18.8 Å². The van der Waals surface area contributed by atoms with Crippen LogP contribution in [-0.2, 0) is 4.74 Å². The van der Waals surface area contributed by atoms with Gasteiger partial charge in [-0.05, 0) is 36.4 Å². The van der Waals surface area contributed by atoms with Crippen molar-refractivity contribution in [1.29, 1.82) is 0 Å². The molecule has 3 aromatic rings. The van der Waals surface area contributed by atoms with Crippen LogP contribution in [0.2, 0.25) is 0 Å². The molecular weight excluding hydrogens is 358 g/mol. The van der Waals surface area contributed by atoms with E-state index >= 15 is 0 Å². The third-order valence-electron chi connectivity index (χ3n) is 4.67. The molecule has 1 aliphatic rings. The van der Waals surface area contributed by atoms with Crippen molar-refractivity contribution in [2.75, 3.05) is 43.6 Å². The number of morpholine rings is 1. The first-order valence-electron chi connectivity index (χ1n) is 9.08. The van der Waals surface area contributed by atoms with Gasteiger partial charge in [-0.2, -0.15) is 0 Å². The van der Waals surface area contributed by atoms with Gasteiger partial charge in [0.15, 0.2) is 5.76 Å². The average Bonchev–Trinajstić information content (AvgIpc) is 3.25. The van der Waals surface area contributed by atoms with Crippen molar-refractivity contribution in [3.8, 4) is 17.1 Å². The van der Waals surface area contributed by atoms with Crippen molar-refractivity contribution >= 4 is 17.3 Å². The molecule has 1 saturated heterocycles. The number of aromatic nitrogens is 1. The number of nitrogens with zero attached hydrogens (tertiary/aromatic N) is 2. The number of anilines is 2. The quantitative estimate of drug-likeness (QED) is 0.732. The van der Waals surface area contributed by atoms with Gasteiger partial charge in [0, 0.05) is 18.7 Å². The number of carbonyl (C=O) groups is 1. The van der Waals surface area contributed by atoms with Crippen LogP contribution in [0.5, 0.6) is 5.75 Å². The first kappa shape index (κ1) is 18.1. The number of rotatable bonds is 5. The minimum absolute atomic E-state index is 0.271. The summed E-state index contributed by atoms with van der Waals surface area (Å²) in [5.41, 5.74) is 2.85. The van der Waals surface area contributed by atoms with E-state index in [1.54, 1.807) is 7.11 Å². The second-order valence-electron chi connectivity index (χ2n) is 6.37. The second kappa shape index (κ2) is 8.14. The Morgan fingerprint density at radius 3 is 2.61 bits per heavy atom. The van der Waals surface area contributed by atoms with Crippen molar-refractivity contribution in [1.82, 2.24) is 5.16 Å². The molecule has 7 nitrogen and oxygen atoms in total. The molecule has 0 saturated carbocycles. The molecule has 0 unspecified atom stereocenters. The Bertz CT molecular complexity index is 946. The third-order valence-corrected chi connectivity index (χ3v) is 4.67. The fourth-order valence-electron chi connectivity index (χ4n) is 3.20. The number of methoxy groups -OCH3 is 1. The Labute approximate surface area is 162 Å². The number of para-hydroxylation sites is 2. The number of amides is 1. The number of benzene rings is 2. The van der Waals surface area contributed by atoms with Crippen LogP contribution in [-0.4, -0.2) is 44.5 Å². The standard InChI is InChI=1S/C21H21N3O4/c1-26-16-8-6-15(7-9-16)20-17(14-22-28-20)21(25)23-18-4-2-3-5-19(18)24-10-12-27-13-11-24/h2-9,14H,10-13H2,1H3,(H,23,25). The topological polar surface area (TPSA) is 76.8 Å². The molecule has 1 amide bonds. The maximum absolute atomic E-state index is 12.9. The van der Waals surface area contributed by atoms with E-state index in [-0.39, 0.29) is 5.91 Å². The minimum atomic E-state index is -0.271. The van der Waals surface area contributed by atoms with Crippen LogP contribution in [0.1, 0.15) is 10.4 Å². The zero-order chi connectivity index (χ0) is 19.3. The molecular formula is C21H21N3O4. The van der Waals surface area contributed by atoms with Gasteiger partial charge in [-0.1, -0.05) is 17.3 Å². The van der Waals surface area contributed by atoms with Crippen molar-refractivity contribution in [3.05, 3.63) is 60.3 Å². The molecule has 0 radical (unpaired) electrons. The highest BCUT2D eigenvalue weighted by atomic mass is 16.5. The molecule has 0 spiro atoms. The summed E-state index contributed by atoms with van der Waals surface area (Å²) < 4.78 is 15.9. The lowest BCUT2D eigenvalue weighted by molar-refractivity contribution is 0.102. The van der Waals surface area contributed by atoms with E-state index in [9.17, 15) is 4.79 Å². The van der Waals surface area contributed by atoms with Gasteiger partial charge < -0.3 is 24.2 Å². The molecule has 2 aromatic carbocycles. The SMILES string of the molecule is COc1ccc(-c2oncc2C(=O)Nc2ccccc2N2CCOCC2)cc1. The van der Waals surface area contributed by atoms with E-state index in [1.165, 1.54) is 6.20 Å². The normalized spacial score (nSPS) is 14.0. The van der Waals surface area contributed by atoms with Crippen molar-refractivity contribution in [2.24, 2.45) is 0 Å². The van der Waals surface area contributed by atoms with Gasteiger partial charge >= 0.3 is 0 Å². The van der Waals surface area contributed by atoms with Crippen LogP contribution >= 0.6 is 0 Å². The Morgan fingerprint density at radius 2 is 1.86 bits per heavy atom. The Balaban J connectivity index is 1.58. The molecule has 1 N–H and O–H groups in total. The zero-order valence-corrected chi connectivity index (χ0v) is 15.6. The van der Waals surface area contributed by atoms with E-state index in [1.807, 2.05) is 48.5 Å². The van der Waals surface area contributed by atoms with Crippen LogP contribution in [0.3, 0.4) is 0 Å². The van der Waals surface area contributed by atoms with Crippen molar-refractivity contribution in [3.63, 3.8) is 0 Å². The van der Waals surface area contributed by atoms with Gasteiger partial charge in [0.2, 0.25) is 0 Å². The summed E-state index contributed by atoms with van der Waals surface area (Å²) in [7, 11) is 1.61. The van der Waals surface area contributed by atoms with Gasteiger partial charge in [-0.15, -0.1) is 0 Å². The highest BCUT2D eigenvalue weighted by molar-refractivity contribution is 6.09. The summed E-state index contributed by atoms with van der Waals surface area (Å²) in [4.78, 5) is 15.2. The Morgan fingerprint density at radius 1 is 1.11 bits per heavy atom. The number of hydrogen-bond acceptors (Lipinski definition) is 6. The monoisotopic (exact) mass is 379 g/mol. The molecule has 0 atom stereocenters. The molecule has 144 valence electrons. The van der Waals surface area contributed by atoms with Crippen molar-refractivity contribution in [2.45, 2.75) is 0 Å². The summed E-state index contributed by atoms with van der Waals surface area (Å²) in [5, 5.41) is 6.82. The summed E-state index contributed by atoms with van der Waals surface area (Å²) in [6.45, 7) is 2.93. The number of ether oxygens (including phenoxy) is 2. The summed E-state index contributed by atoms with van der Waals surface area (Å²) in [6.07, 6.45) is 1.44. The smallest absolute Gasteiger partial charge is 0.261 e. The fourth-order valence-corrected chi connectivity index (χ4v) is 3.20. The van der Waals surface area contributed by atoms with E-state index < -0.39 is 0 Å². The summed E-state index contributed by atoms with van der Waals surface area (Å²) in [6, 6.07) is 15.0. The highest BCUT2D eigenvalue weighted by Crippen LogP contribution is 2.29. The predicted molar refractivity (Wildman–Crippen MR) is 106 cm³/mol. The molecule has 1 aliphatic heterocycles. The molecule has 28 heavy (non-hydrogen) atoms. The lowest BCUT2D eigenvalue weighted by Crippen LogP contribution is -2.36. The van der Waals surface area contributed by atoms with Gasteiger partial charge in [0.05, 0.1) is 37.9 Å². The lowest BCUT2D eigenvalue weighted by Gasteiger charge is -2.30. The lowest BCUT2D eigenvalue weighted by atomic mass is 10.1. The molecule has 7 heteroatoms. The van der Waals surface area contributed by atoms with Gasteiger partial charge in [0.1, 0.15) is 11.3 Å². The number of nitrogens with one attached hydrogen (secondary N) is 1. The van der Waals surface area contributed by atoms with E-state index in [2.05, 4.69) is 15.4 Å². The average molecular weight is 379 g/mol. The van der Waals surface area contributed by atoms with E-state index in [0.29, 0.717) is 24.5 Å². The zero-order valence-electron chi connectivity index (χ0n) is 15.6. The third kappa shape index (κ3) is 3.70. The Kier molecular flexibility index (Phi) is 5.25. The Hall–Kier alpha value is -3.32. The van der Waals surface area contributed by atoms with Gasteiger partial charge in [0.25, 0.3) is 5.91 Å². The molecule has 2 heterocycles. The maximum Gasteiger partial charge on any atom is 0.261 e. The van der Waals surface area contributed by atoms with Gasteiger partial charge in [-0.3, -0.25) is 4.79 Å². The van der Waals surface area contributed by atoms with Crippen LogP contribution < -0.4 is 15.0 Å². The first-order chi connectivity index (χ1) is 13.8. The van der Waals surface area contributed by atoms with E-state index in [0.717, 1.165) is 35.8 Å². The fraction of sp³-hybridized carbons (Fsp3) is 0.238. The van der Waals surface area contributed by atoms with Crippen LogP contribution in [0.15, 0.2) is 59.3 Å². The molecule has 1 fully saturated rings. The molecule has 0 aliphatic carbocycles. The minimum Gasteiger partial charge on any atom is -0.497 e. The summed E-state index contributed by atoms with van der Waals surface area (Å²) >= 11 is 0.